The topological polar surface area (TPSA) is 57.2 Å². The first-order chi connectivity index (χ1) is 14.7. The van der Waals surface area contributed by atoms with E-state index < -0.39 is 0 Å². The number of nitrogens with zero attached hydrogens (tertiary/aromatic N) is 1. The Balaban J connectivity index is 1.41. The summed E-state index contributed by atoms with van der Waals surface area (Å²) >= 11 is 0. The third kappa shape index (κ3) is 3.94. The third-order valence-corrected chi connectivity index (χ3v) is 6.84. The molecule has 0 bridgehead atoms. The molecule has 1 aromatic rings. The summed E-state index contributed by atoms with van der Waals surface area (Å²) in [5.74, 6) is 0.702. The Hall–Kier alpha value is -1.73. The van der Waals surface area contributed by atoms with Crippen LogP contribution in [-0.2, 0) is 23.7 Å². The number of Topliss-reactive ketones (excluding diaryl/α,β-unsaturated/α-hetero) is 1. The second kappa shape index (κ2) is 8.79. The molecule has 0 N–H and O–H groups in total. The molecule has 3 atom stereocenters. The van der Waals surface area contributed by atoms with E-state index in [2.05, 4.69) is 29.2 Å². The van der Waals surface area contributed by atoms with Gasteiger partial charge in [-0.3, -0.25) is 4.79 Å². The summed E-state index contributed by atoms with van der Waals surface area (Å²) in [6, 6.07) is 6.78. The number of ether oxygens (including phenoxy) is 4. The molecule has 0 aliphatic carbocycles. The lowest BCUT2D eigenvalue weighted by atomic mass is 9.87. The van der Waals surface area contributed by atoms with Gasteiger partial charge in [-0.1, -0.05) is 24.3 Å². The van der Waals surface area contributed by atoms with Crippen molar-refractivity contribution >= 4 is 17.6 Å². The number of carbonyl (C=O) groups is 1. The molecule has 0 spiro atoms. The van der Waals surface area contributed by atoms with Crippen molar-refractivity contribution in [3.8, 4) is 0 Å². The zero-order chi connectivity index (χ0) is 20.5. The average molecular weight is 414 g/mol. The Bertz CT molecular complexity index is 901. The monoisotopic (exact) mass is 413 g/mol. The van der Waals surface area contributed by atoms with Gasteiger partial charge in [0.25, 0.3) is 0 Å². The molecular formula is C24H31NO5. The number of hydrogen-bond acceptors (Lipinski definition) is 6. The summed E-state index contributed by atoms with van der Waals surface area (Å²) in [6.07, 6.45) is 4.56. The number of fused-ring (bicyclic) bond motifs is 2. The molecule has 0 aromatic heterocycles. The molecule has 6 heteroatoms. The predicted molar refractivity (Wildman–Crippen MR) is 112 cm³/mol. The normalized spacial score (nSPS) is 29.9. The lowest BCUT2D eigenvalue weighted by Crippen LogP contribution is -2.53. The highest BCUT2D eigenvalue weighted by Crippen LogP contribution is 2.31. The standard InChI is InChI=1S/C24H31NO5/c1-16-22(26)13-23(30-15-20-14-28-10-11-29-20)25-7-4-19-12-18(2-3-21(19)24(16)25)17-5-8-27-9-6-17/h2-4,12,16-17,20,23H,5-11,13-15H2,1H3/t16?,20-,23?/m0/s1. The van der Waals surface area contributed by atoms with Gasteiger partial charge >= 0.3 is 0 Å². The SMILES string of the molecule is CC1C(=O)CC(OC[C@@H]2COCCO2)N2CC=c3cc(C4CCOCC4)ccc3=C12. The lowest BCUT2D eigenvalue weighted by molar-refractivity contribution is -0.151. The Morgan fingerprint density at radius 1 is 1.13 bits per heavy atom. The minimum absolute atomic E-state index is 0.0558. The second-order valence-electron chi connectivity index (χ2n) is 8.72. The molecule has 6 nitrogen and oxygen atoms in total. The highest BCUT2D eigenvalue weighted by atomic mass is 16.6. The van der Waals surface area contributed by atoms with E-state index in [4.69, 9.17) is 18.9 Å². The zero-order valence-corrected chi connectivity index (χ0v) is 17.7. The average Bonchev–Trinajstić information content (AvgIpc) is 2.81. The third-order valence-electron chi connectivity index (χ3n) is 6.84. The molecule has 4 aliphatic rings. The number of benzene rings is 1. The van der Waals surface area contributed by atoms with Gasteiger partial charge in [0.2, 0.25) is 0 Å². The minimum Gasteiger partial charge on any atom is -0.381 e. The first-order valence-corrected chi connectivity index (χ1v) is 11.2. The summed E-state index contributed by atoms with van der Waals surface area (Å²) in [5, 5.41) is 2.41. The fourth-order valence-electron chi connectivity index (χ4n) is 5.08. The Labute approximate surface area is 177 Å². The summed E-state index contributed by atoms with van der Waals surface area (Å²) in [4.78, 5) is 15.1. The number of piperidine rings is 1. The van der Waals surface area contributed by atoms with E-state index in [1.54, 1.807) is 0 Å². The largest absolute Gasteiger partial charge is 0.381 e. The Morgan fingerprint density at radius 2 is 2.00 bits per heavy atom. The fraction of sp³-hybridized carbons (Fsp3) is 0.625. The summed E-state index contributed by atoms with van der Waals surface area (Å²) in [5.41, 5.74) is 2.49. The zero-order valence-electron chi connectivity index (χ0n) is 17.7. The molecule has 162 valence electrons. The highest BCUT2D eigenvalue weighted by molar-refractivity contribution is 5.91. The van der Waals surface area contributed by atoms with Crippen LogP contribution >= 0.6 is 0 Å². The van der Waals surface area contributed by atoms with Crippen molar-refractivity contribution in [2.45, 2.75) is 44.4 Å². The maximum Gasteiger partial charge on any atom is 0.146 e. The summed E-state index contributed by atoms with van der Waals surface area (Å²) in [7, 11) is 0. The molecule has 0 radical (unpaired) electrons. The van der Waals surface area contributed by atoms with Crippen LogP contribution in [0.4, 0.5) is 0 Å². The first kappa shape index (κ1) is 20.2. The van der Waals surface area contributed by atoms with E-state index in [0.717, 1.165) is 38.3 Å². The van der Waals surface area contributed by atoms with E-state index in [0.29, 0.717) is 38.8 Å². The molecule has 0 saturated carbocycles. The van der Waals surface area contributed by atoms with Gasteiger partial charge in [0.15, 0.2) is 0 Å². The van der Waals surface area contributed by atoms with Crippen LogP contribution in [0.1, 0.15) is 37.7 Å². The van der Waals surface area contributed by atoms with Crippen LogP contribution in [-0.4, -0.2) is 69.2 Å². The van der Waals surface area contributed by atoms with Crippen LogP contribution in [0.25, 0.3) is 11.8 Å². The maximum absolute atomic E-state index is 12.8. The number of carbonyl (C=O) groups excluding carboxylic acids is 1. The van der Waals surface area contributed by atoms with Gasteiger partial charge in [-0.25, -0.2) is 0 Å². The Kier molecular flexibility index (Phi) is 5.92. The first-order valence-electron chi connectivity index (χ1n) is 11.2. The van der Waals surface area contributed by atoms with Crippen molar-refractivity contribution in [1.29, 1.82) is 0 Å². The molecule has 3 fully saturated rings. The molecule has 4 aliphatic heterocycles. The van der Waals surface area contributed by atoms with E-state index >= 15 is 0 Å². The molecule has 30 heavy (non-hydrogen) atoms. The molecule has 4 heterocycles. The smallest absolute Gasteiger partial charge is 0.146 e. The van der Waals surface area contributed by atoms with Crippen LogP contribution in [0.2, 0.25) is 0 Å². The van der Waals surface area contributed by atoms with Crippen molar-refractivity contribution in [3.05, 3.63) is 34.2 Å². The predicted octanol–water partition coefficient (Wildman–Crippen LogP) is 1.15. The van der Waals surface area contributed by atoms with E-state index in [1.807, 2.05) is 6.92 Å². The van der Waals surface area contributed by atoms with Gasteiger partial charge in [-0.15, -0.1) is 0 Å². The number of rotatable bonds is 4. The van der Waals surface area contributed by atoms with Crippen molar-refractivity contribution in [2.24, 2.45) is 5.92 Å². The Morgan fingerprint density at radius 3 is 2.80 bits per heavy atom. The highest BCUT2D eigenvalue weighted by Gasteiger charge is 2.37. The molecule has 1 aromatic carbocycles. The molecule has 5 rings (SSSR count). The van der Waals surface area contributed by atoms with Crippen LogP contribution in [0.3, 0.4) is 0 Å². The van der Waals surface area contributed by atoms with Crippen molar-refractivity contribution < 1.29 is 23.7 Å². The van der Waals surface area contributed by atoms with E-state index in [9.17, 15) is 4.79 Å². The summed E-state index contributed by atoms with van der Waals surface area (Å²) in [6.45, 7) is 6.73. The quantitative estimate of drug-likeness (QED) is 0.738. The van der Waals surface area contributed by atoms with E-state index in [-0.39, 0.29) is 24.0 Å². The van der Waals surface area contributed by atoms with Crippen molar-refractivity contribution in [1.82, 2.24) is 4.90 Å². The summed E-state index contributed by atoms with van der Waals surface area (Å²) < 4.78 is 22.9. The van der Waals surface area contributed by atoms with Gasteiger partial charge in [0.05, 0.1) is 38.8 Å². The van der Waals surface area contributed by atoms with Gasteiger partial charge in [-0.05, 0) is 36.5 Å². The van der Waals surface area contributed by atoms with Gasteiger partial charge < -0.3 is 23.8 Å². The van der Waals surface area contributed by atoms with Crippen LogP contribution in [0.5, 0.6) is 0 Å². The van der Waals surface area contributed by atoms with E-state index in [1.165, 1.54) is 16.0 Å². The number of ketones is 1. The van der Waals surface area contributed by atoms with Gasteiger partial charge in [0, 0.05) is 30.7 Å². The number of hydrogen-bond donors (Lipinski definition) is 0. The molecule has 3 saturated heterocycles. The fourth-order valence-corrected chi connectivity index (χ4v) is 5.08. The second-order valence-corrected chi connectivity index (χ2v) is 8.72. The van der Waals surface area contributed by atoms with Crippen LogP contribution < -0.4 is 10.4 Å². The van der Waals surface area contributed by atoms with Crippen LogP contribution in [0, 0.1) is 5.92 Å². The van der Waals surface area contributed by atoms with Crippen LogP contribution in [0.15, 0.2) is 18.2 Å². The maximum atomic E-state index is 12.8. The van der Waals surface area contributed by atoms with Gasteiger partial charge in [-0.2, -0.15) is 0 Å². The van der Waals surface area contributed by atoms with Crippen molar-refractivity contribution in [3.63, 3.8) is 0 Å². The minimum atomic E-state index is -0.242. The lowest BCUT2D eigenvalue weighted by Gasteiger charge is -2.42. The van der Waals surface area contributed by atoms with Gasteiger partial charge in [0.1, 0.15) is 18.1 Å². The van der Waals surface area contributed by atoms with Crippen molar-refractivity contribution in [2.75, 3.05) is 46.2 Å². The molecule has 2 unspecified atom stereocenters. The molecular weight excluding hydrogens is 382 g/mol. The molecule has 0 amide bonds.